The molecular weight excluding hydrogens is 215 g/mol. The lowest BCUT2D eigenvalue weighted by molar-refractivity contribution is -0.137. The monoisotopic (exact) mass is 226 g/mol. The molecule has 0 heterocycles. The molecule has 1 aromatic rings. The van der Waals surface area contributed by atoms with Gasteiger partial charge in [-0.2, -0.15) is 0 Å². The van der Waals surface area contributed by atoms with Crippen molar-refractivity contribution in [3.63, 3.8) is 0 Å². The zero-order valence-electron chi connectivity index (χ0n) is 8.62. The summed E-state index contributed by atoms with van der Waals surface area (Å²) in [6, 6.07) is 3.87. The van der Waals surface area contributed by atoms with Gasteiger partial charge in [0.15, 0.2) is 0 Å². The molecule has 0 aliphatic rings. The van der Waals surface area contributed by atoms with Gasteiger partial charge in [0.25, 0.3) is 0 Å². The van der Waals surface area contributed by atoms with Crippen molar-refractivity contribution in [3.05, 3.63) is 29.6 Å². The van der Waals surface area contributed by atoms with Crippen LogP contribution in [0.4, 0.5) is 4.39 Å². The van der Waals surface area contributed by atoms with Crippen LogP contribution in [0.25, 0.3) is 0 Å². The van der Waals surface area contributed by atoms with E-state index in [1.165, 1.54) is 25.3 Å². The van der Waals surface area contributed by atoms with Crippen LogP contribution in [0.1, 0.15) is 5.56 Å². The molecule has 86 valence electrons. The third-order valence-corrected chi connectivity index (χ3v) is 1.91. The second-order valence-electron chi connectivity index (χ2n) is 3.00. The van der Waals surface area contributed by atoms with Crippen LogP contribution in [0.15, 0.2) is 18.2 Å². The van der Waals surface area contributed by atoms with Gasteiger partial charge >= 0.3 is 11.8 Å². The van der Waals surface area contributed by atoms with Crippen molar-refractivity contribution in [2.75, 3.05) is 7.11 Å². The summed E-state index contributed by atoms with van der Waals surface area (Å²) in [5, 5.41) is 2.24. The molecule has 1 rings (SSSR count). The lowest BCUT2D eigenvalue weighted by atomic mass is 10.2. The third-order valence-electron chi connectivity index (χ3n) is 1.91. The van der Waals surface area contributed by atoms with Gasteiger partial charge < -0.3 is 15.8 Å². The van der Waals surface area contributed by atoms with Gasteiger partial charge in [-0.3, -0.25) is 9.59 Å². The Morgan fingerprint density at radius 1 is 1.50 bits per heavy atom. The van der Waals surface area contributed by atoms with E-state index in [0.29, 0.717) is 11.3 Å². The third kappa shape index (κ3) is 2.94. The first-order chi connectivity index (χ1) is 7.54. The lowest BCUT2D eigenvalue weighted by Gasteiger charge is -2.08. The fourth-order valence-electron chi connectivity index (χ4n) is 1.15. The number of ether oxygens (including phenoxy) is 1. The highest BCUT2D eigenvalue weighted by Crippen LogP contribution is 2.18. The molecule has 0 aromatic heterocycles. The summed E-state index contributed by atoms with van der Waals surface area (Å²) in [7, 11) is 1.42. The Labute approximate surface area is 91.4 Å². The fraction of sp³-hybridized carbons (Fsp3) is 0.200. The predicted molar refractivity (Wildman–Crippen MR) is 54.0 cm³/mol. The van der Waals surface area contributed by atoms with Crippen LogP contribution in [0, 0.1) is 5.82 Å². The fourth-order valence-corrected chi connectivity index (χ4v) is 1.15. The number of primary amides is 1. The Morgan fingerprint density at radius 3 is 2.75 bits per heavy atom. The summed E-state index contributed by atoms with van der Waals surface area (Å²) in [5.41, 5.74) is 5.17. The molecule has 6 heteroatoms. The number of hydrogen-bond acceptors (Lipinski definition) is 3. The van der Waals surface area contributed by atoms with Crippen LogP contribution < -0.4 is 15.8 Å². The molecule has 5 nitrogen and oxygen atoms in total. The van der Waals surface area contributed by atoms with Crippen molar-refractivity contribution in [1.29, 1.82) is 0 Å². The van der Waals surface area contributed by atoms with E-state index >= 15 is 0 Å². The summed E-state index contributed by atoms with van der Waals surface area (Å²) in [5.74, 6) is -2.04. The molecule has 0 unspecified atom stereocenters. The van der Waals surface area contributed by atoms with Gasteiger partial charge in [-0.15, -0.1) is 0 Å². The van der Waals surface area contributed by atoms with Crippen molar-refractivity contribution >= 4 is 11.8 Å². The smallest absolute Gasteiger partial charge is 0.309 e. The van der Waals surface area contributed by atoms with E-state index < -0.39 is 17.6 Å². The number of nitrogens with one attached hydrogen (secondary N) is 1. The largest absolute Gasteiger partial charge is 0.496 e. The quantitative estimate of drug-likeness (QED) is 0.708. The molecular formula is C10H11FN2O3. The van der Waals surface area contributed by atoms with E-state index in [-0.39, 0.29) is 6.54 Å². The lowest BCUT2D eigenvalue weighted by Crippen LogP contribution is -2.35. The highest BCUT2D eigenvalue weighted by Gasteiger charge is 2.10. The first kappa shape index (κ1) is 12.0. The van der Waals surface area contributed by atoms with E-state index in [2.05, 4.69) is 5.32 Å². The van der Waals surface area contributed by atoms with E-state index in [4.69, 9.17) is 10.5 Å². The summed E-state index contributed by atoms with van der Waals surface area (Å²) < 4.78 is 17.9. The van der Waals surface area contributed by atoms with Crippen LogP contribution in [0.3, 0.4) is 0 Å². The number of benzene rings is 1. The zero-order valence-corrected chi connectivity index (χ0v) is 8.62. The average Bonchev–Trinajstić information content (AvgIpc) is 2.25. The number of methoxy groups -OCH3 is 1. The molecule has 0 aliphatic carbocycles. The number of carbonyl (C=O) groups is 2. The topological polar surface area (TPSA) is 81.4 Å². The van der Waals surface area contributed by atoms with Gasteiger partial charge in [-0.25, -0.2) is 4.39 Å². The molecule has 0 atom stereocenters. The standard InChI is InChI=1S/C10H11FN2O3/c1-16-8-3-2-7(11)4-6(8)5-13-10(15)9(12)14/h2-4H,5H2,1H3,(H2,12,14)(H,13,15). The van der Waals surface area contributed by atoms with Crippen molar-refractivity contribution < 1.29 is 18.7 Å². The Bertz CT molecular complexity index is 421. The Kier molecular flexibility index (Phi) is 3.82. The summed E-state index contributed by atoms with van der Waals surface area (Å²) in [6.45, 7) is -0.0251. The molecule has 0 bridgehead atoms. The van der Waals surface area contributed by atoms with Gasteiger partial charge in [-0.05, 0) is 18.2 Å². The summed E-state index contributed by atoms with van der Waals surface area (Å²) in [4.78, 5) is 21.3. The van der Waals surface area contributed by atoms with Gasteiger partial charge in [0, 0.05) is 12.1 Å². The van der Waals surface area contributed by atoms with Crippen LogP contribution in [0.2, 0.25) is 0 Å². The van der Waals surface area contributed by atoms with Crippen LogP contribution in [-0.2, 0) is 16.1 Å². The van der Waals surface area contributed by atoms with E-state index in [0.717, 1.165) is 0 Å². The number of amides is 2. The summed E-state index contributed by atoms with van der Waals surface area (Å²) in [6.07, 6.45) is 0. The van der Waals surface area contributed by atoms with E-state index in [1.807, 2.05) is 0 Å². The molecule has 3 N–H and O–H groups in total. The average molecular weight is 226 g/mol. The van der Waals surface area contributed by atoms with Crippen LogP contribution in [-0.4, -0.2) is 18.9 Å². The Balaban J connectivity index is 2.76. The second kappa shape index (κ2) is 5.11. The molecule has 1 aromatic carbocycles. The highest BCUT2D eigenvalue weighted by molar-refractivity contribution is 6.34. The number of carbonyl (C=O) groups excluding carboxylic acids is 2. The molecule has 0 saturated heterocycles. The zero-order chi connectivity index (χ0) is 12.1. The summed E-state index contributed by atoms with van der Waals surface area (Å²) >= 11 is 0. The maximum absolute atomic E-state index is 12.9. The number of hydrogen-bond donors (Lipinski definition) is 2. The maximum Gasteiger partial charge on any atom is 0.309 e. The van der Waals surface area contributed by atoms with Crippen molar-refractivity contribution in [3.8, 4) is 5.75 Å². The molecule has 16 heavy (non-hydrogen) atoms. The first-order valence-electron chi connectivity index (χ1n) is 4.44. The van der Waals surface area contributed by atoms with Gasteiger partial charge in [-0.1, -0.05) is 0 Å². The second-order valence-corrected chi connectivity index (χ2v) is 3.00. The SMILES string of the molecule is COc1ccc(F)cc1CNC(=O)C(N)=O. The predicted octanol–water partition coefficient (Wildman–Crippen LogP) is -0.0642. The number of nitrogens with two attached hydrogens (primary N) is 1. The number of halogens is 1. The van der Waals surface area contributed by atoms with Crippen molar-refractivity contribution in [2.24, 2.45) is 5.73 Å². The van der Waals surface area contributed by atoms with Crippen LogP contribution >= 0.6 is 0 Å². The molecule has 0 fully saturated rings. The molecule has 0 spiro atoms. The van der Waals surface area contributed by atoms with Crippen LogP contribution in [0.5, 0.6) is 5.75 Å². The molecule has 2 amide bonds. The Morgan fingerprint density at radius 2 is 2.19 bits per heavy atom. The van der Waals surface area contributed by atoms with Crippen molar-refractivity contribution in [1.82, 2.24) is 5.32 Å². The van der Waals surface area contributed by atoms with E-state index in [1.54, 1.807) is 0 Å². The minimum Gasteiger partial charge on any atom is -0.496 e. The highest BCUT2D eigenvalue weighted by atomic mass is 19.1. The first-order valence-corrected chi connectivity index (χ1v) is 4.44. The maximum atomic E-state index is 12.9. The van der Waals surface area contributed by atoms with E-state index in [9.17, 15) is 14.0 Å². The minimum atomic E-state index is -1.09. The van der Waals surface area contributed by atoms with Gasteiger partial charge in [0.2, 0.25) is 0 Å². The van der Waals surface area contributed by atoms with Gasteiger partial charge in [0.05, 0.1) is 7.11 Å². The molecule has 0 radical (unpaired) electrons. The number of rotatable bonds is 3. The van der Waals surface area contributed by atoms with Gasteiger partial charge in [0.1, 0.15) is 11.6 Å². The van der Waals surface area contributed by atoms with Crippen molar-refractivity contribution in [2.45, 2.75) is 6.54 Å². The molecule has 0 aliphatic heterocycles. The normalized spacial score (nSPS) is 9.62. The Hall–Kier alpha value is -2.11. The minimum absolute atomic E-state index is 0.0251. The molecule has 0 saturated carbocycles.